The number of carbonyl (C=O) groups excluding carboxylic acids is 1. The Morgan fingerprint density at radius 2 is 2.38 bits per heavy atom. The molecule has 1 aromatic heterocycles. The Kier molecular flexibility index (Phi) is 4.18. The molecular formula is C8H11N3O4S. The highest BCUT2D eigenvalue weighted by Gasteiger charge is 2.09. The van der Waals surface area contributed by atoms with Gasteiger partial charge in [-0.15, -0.1) is 21.5 Å². The molecule has 0 fully saturated rings. The largest absolute Gasteiger partial charge is 0.314 e. The van der Waals surface area contributed by atoms with Crippen molar-refractivity contribution in [2.75, 3.05) is 11.9 Å². The summed E-state index contributed by atoms with van der Waals surface area (Å²) in [5.74, 6) is -0.193. The van der Waals surface area contributed by atoms with Gasteiger partial charge in [0.05, 0.1) is 5.69 Å². The molecule has 1 N–H and O–H groups in total. The second-order valence-electron chi connectivity index (χ2n) is 3.02. The lowest BCUT2D eigenvalue weighted by molar-refractivity contribution is -0.757. The molecule has 1 amide bonds. The Morgan fingerprint density at radius 1 is 1.69 bits per heavy atom. The average molecular weight is 245 g/mol. The van der Waals surface area contributed by atoms with Crippen LogP contribution >= 0.6 is 11.3 Å². The van der Waals surface area contributed by atoms with E-state index in [0.29, 0.717) is 11.6 Å². The zero-order valence-electron chi connectivity index (χ0n) is 8.85. The highest BCUT2D eigenvalue weighted by Crippen LogP contribution is 2.22. The highest BCUT2D eigenvalue weighted by molar-refractivity contribution is 7.15. The van der Waals surface area contributed by atoms with Crippen molar-refractivity contribution in [3.63, 3.8) is 0 Å². The third-order valence-corrected chi connectivity index (χ3v) is 2.83. The number of hydrogen-bond donors (Lipinski definition) is 1. The Balaban J connectivity index is 2.56. The molecule has 0 aromatic carbocycles. The van der Waals surface area contributed by atoms with Crippen LogP contribution in [0.2, 0.25) is 0 Å². The van der Waals surface area contributed by atoms with Gasteiger partial charge in [0.1, 0.15) is 6.61 Å². The van der Waals surface area contributed by atoms with Crippen molar-refractivity contribution >= 4 is 22.4 Å². The van der Waals surface area contributed by atoms with Gasteiger partial charge >= 0.3 is 0 Å². The van der Waals surface area contributed by atoms with Gasteiger partial charge in [0.15, 0.2) is 5.13 Å². The maximum atomic E-state index is 10.8. The van der Waals surface area contributed by atoms with Crippen LogP contribution in [0.5, 0.6) is 0 Å². The lowest BCUT2D eigenvalue weighted by Crippen LogP contribution is -2.04. The molecule has 1 heterocycles. The molecule has 7 nitrogen and oxygen atoms in total. The predicted molar refractivity (Wildman–Crippen MR) is 57.8 cm³/mol. The first-order valence-corrected chi connectivity index (χ1v) is 5.32. The SMILES string of the molecule is CC(=O)Nc1nc(C)c(CCO[N+](=O)[O-])s1. The van der Waals surface area contributed by atoms with Crippen LogP contribution in [0, 0.1) is 17.0 Å². The fourth-order valence-corrected chi connectivity index (χ4v) is 2.07. The van der Waals surface area contributed by atoms with Gasteiger partial charge in [0.25, 0.3) is 5.09 Å². The van der Waals surface area contributed by atoms with Crippen LogP contribution in [-0.2, 0) is 16.1 Å². The van der Waals surface area contributed by atoms with E-state index in [1.807, 2.05) is 0 Å². The summed E-state index contributed by atoms with van der Waals surface area (Å²) < 4.78 is 0. The lowest BCUT2D eigenvalue weighted by atomic mass is 10.3. The minimum Gasteiger partial charge on any atom is -0.314 e. The van der Waals surface area contributed by atoms with Crippen molar-refractivity contribution in [3.05, 3.63) is 20.7 Å². The number of anilines is 1. The molecule has 0 spiro atoms. The molecule has 8 heteroatoms. The number of amides is 1. The van der Waals surface area contributed by atoms with E-state index in [2.05, 4.69) is 15.1 Å². The summed E-state index contributed by atoms with van der Waals surface area (Å²) in [5.41, 5.74) is 0.751. The molecule has 0 unspecified atom stereocenters. The number of thiazole rings is 1. The second-order valence-corrected chi connectivity index (χ2v) is 4.10. The van der Waals surface area contributed by atoms with Gasteiger partial charge in [-0.3, -0.25) is 4.79 Å². The third kappa shape index (κ3) is 3.81. The van der Waals surface area contributed by atoms with E-state index in [4.69, 9.17) is 0 Å². The quantitative estimate of drug-likeness (QED) is 0.620. The third-order valence-electron chi connectivity index (χ3n) is 1.70. The lowest BCUT2D eigenvalue weighted by Gasteiger charge is -1.96. The van der Waals surface area contributed by atoms with Crippen molar-refractivity contribution in [2.45, 2.75) is 20.3 Å². The van der Waals surface area contributed by atoms with E-state index in [9.17, 15) is 14.9 Å². The predicted octanol–water partition coefficient (Wildman–Crippen LogP) is 1.16. The number of nitrogens with one attached hydrogen (secondary N) is 1. The Bertz CT molecular complexity index is 404. The van der Waals surface area contributed by atoms with E-state index >= 15 is 0 Å². The van der Waals surface area contributed by atoms with Gasteiger partial charge in [0, 0.05) is 18.2 Å². The number of nitrogens with zero attached hydrogens (tertiary/aromatic N) is 2. The van der Waals surface area contributed by atoms with Crippen molar-refractivity contribution in [2.24, 2.45) is 0 Å². The van der Waals surface area contributed by atoms with E-state index in [-0.39, 0.29) is 12.5 Å². The first-order chi connectivity index (χ1) is 7.49. The summed E-state index contributed by atoms with van der Waals surface area (Å²) in [6, 6.07) is 0. The molecule has 1 rings (SSSR count). The van der Waals surface area contributed by atoms with Gasteiger partial charge in [0.2, 0.25) is 5.91 Å². The smallest absolute Gasteiger partial charge is 0.294 e. The molecule has 16 heavy (non-hydrogen) atoms. The summed E-state index contributed by atoms with van der Waals surface area (Å²) in [6.07, 6.45) is 0.407. The molecule has 1 aromatic rings. The van der Waals surface area contributed by atoms with Gasteiger partial charge in [-0.1, -0.05) is 0 Å². The Hall–Kier alpha value is -1.70. The molecule has 0 aliphatic carbocycles. The fourth-order valence-electron chi connectivity index (χ4n) is 1.08. The minimum absolute atomic E-state index is 0.00442. The van der Waals surface area contributed by atoms with E-state index in [1.165, 1.54) is 18.3 Å². The summed E-state index contributed by atoms with van der Waals surface area (Å²) in [7, 11) is 0. The van der Waals surface area contributed by atoms with Crippen molar-refractivity contribution in [1.29, 1.82) is 0 Å². The van der Waals surface area contributed by atoms with Crippen LogP contribution in [0.4, 0.5) is 5.13 Å². The van der Waals surface area contributed by atoms with Crippen LogP contribution in [0.3, 0.4) is 0 Å². The molecule has 0 aliphatic heterocycles. The van der Waals surface area contributed by atoms with Crippen molar-refractivity contribution < 1.29 is 14.7 Å². The molecular weight excluding hydrogens is 234 g/mol. The van der Waals surface area contributed by atoms with Gasteiger partial charge in [-0.25, -0.2) is 4.98 Å². The Labute approximate surface area is 95.5 Å². The van der Waals surface area contributed by atoms with Crippen LogP contribution < -0.4 is 5.32 Å². The van der Waals surface area contributed by atoms with E-state index in [1.54, 1.807) is 6.92 Å². The zero-order valence-corrected chi connectivity index (χ0v) is 9.67. The number of aryl methyl sites for hydroxylation is 1. The number of rotatable bonds is 5. The van der Waals surface area contributed by atoms with Crippen LogP contribution in [0.1, 0.15) is 17.5 Å². The van der Waals surface area contributed by atoms with Crippen molar-refractivity contribution in [3.8, 4) is 0 Å². The topological polar surface area (TPSA) is 94.4 Å². The molecule has 0 atom stereocenters. The molecule has 0 saturated carbocycles. The highest BCUT2D eigenvalue weighted by atomic mass is 32.1. The first-order valence-electron chi connectivity index (χ1n) is 4.50. The summed E-state index contributed by atoms with van der Waals surface area (Å²) in [6.45, 7) is 3.17. The van der Waals surface area contributed by atoms with Crippen LogP contribution in [0.25, 0.3) is 0 Å². The molecule has 0 radical (unpaired) electrons. The summed E-state index contributed by atoms with van der Waals surface area (Å²) >= 11 is 1.29. The number of carbonyl (C=O) groups is 1. The maximum absolute atomic E-state index is 10.8. The fraction of sp³-hybridized carbons (Fsp3) is 0.500. The zero-order chi connectivity index (χ0) is 12.1. The normalized spacial score (nSPS) is 9.88. The van der Waals surface area contributed by atoms with E-state index in [0.717, 1.165) is 10.6 Å². The summed E-state index contributed by atoms with van der Waals surface area (Å²) in [5, 5.41) is 12.2. The Morgan fingerprint density at radius 3 is 2.94 bits per heavy atom. The monoisotopic (exact) mass is 245 g/mol. The first kappa shape index (κ1) is 12.4. The standard InChI is InChI=1S/C8H11N3O4S/c1-5-7(3-4-15-11(13)14)16-8(9-5)10-6(2)12/h3-4H2,1-2H3,(H,9,10,12). The van der Waals surface area contributed by atoms with E-state index < -0.39 is 5.09 Å². The average Bonchev–Trinajstić information content (AvgIpc) is 2.45. The van der Waals surface area contributed by atoms with Crippen LogP contribution in [0.15, 0.2) is 0 Å². The summed E-state index contributed by atoms with van der Waals surface area (Å²) in [4.78, 5) is 29.9. The maximum Gasteiger partial charge on any atom is 0.294 e. The molecule has 88 valence electrons. The number of aromatic nitrogens is 1. The second kappa shape index (κ2) is 5.40. The molecule has 0 bridgehead atoms. The number of hydrogen-bond acceptors (Lipinski definition) is 6. The van der Waals surface area contributed by atoms with Gasteiger partial charge in [-0.2, -0.15) is 0 Å². The van der Waals surface area contributed by atoms with Crippen molar-refractivity contribution in [1.82, 2.24) is 4.98 Å². The van der Waals surface area contributed by atoms with Gasteiger partial charge in [-0.05, 0) is 6.92 Å². The minimum atomic E-state index is -0.828. The van der Waals surface area contributed by atoms with Gasteiger partial charge < -0.3 is 10.2 Å². The van der Waals surface area contributed by atoms with Crippen LogP contribution in [-0.4, -0.2) is 22.6 Å². The molecule has 0 aliphatic rings. The molecule has 0 saturated heterocycles.